The van der Waals surface area contributed by atoms with Gasteiger partial charge in [-0.2, -0.15) is 0 Å². The maximum absolute atomic E-state index is 9.53. The SMILES string of the molecule is CC1(C)C(O)CC1Nn1cccc1. The molecule has 2 rings (SSSR count). The van der Waals surface area contributed by atoms with E-state index in [1.54, 1.807) is 0 Å². The van der Waals surface area contributed by atoms with Crippen molar-refractivity contribution in [2.24, 2.45) is 5.41 Å². The summed E-state index contributed by atoms with van der Waals surface area (Å²) in [4.78, 5) is 0. The Morgan fingerprint density at radius 1 is 1.38 bits per heavy atom. The molecule has 3 nitrogen and oxygen atoms in total. The molecule has 0 radical (unpaired) electrons. The summed E-state index contributed by atoms with van der Waals surface area (Å²) < 4.78 is 1.94. The minimum atomic E-state index is -0.166. The highest BCUT2D eigenvalue weighted by atomic mass is 16.3. The molecule has 1 saturated carbocycles. The lowest BCUT2D eigenvalue weighted by molar-refractivity contribution is -0.0550. The fourth-order valence-corrected chi connectivity index (χ4v) is 1.72. The first kappa shape index (κ1) is 8.63. The number of hydrogen-bond donors (Lipinski definition) is 2. The van der Waals surface area contributed by atoms with Crippen molar-refractivity contribution in [3.63, 3.8) is 0 Å². The van der Waals surface area contributed by atoms with Gasteiger partial charge in [-0.15, -0.1) is 0 Å². The molecule has 0 bridgehead atoms. The normalized spacial score (nSPS) is 31.0. The van der Waals surface area contributed by atoms with Crippen molar-refractivity contribution >= 4 is 0 Å². The zero-order chi connectivity index (χ0) is 9.47. The summed E-state index contributed by atoms with van der Waals surface area (Å²) in [6, 6.07) is 4.33. The van der Waals surface area contributed by atoms with E-state index in [2.05, 4.69) is 19.3 Å². The van der Waals surface area contributed by atoms with Crippen LogP contribution < -0.4 is 5.43 Å². The van der Waals surface area contributed by atoms with Gasteiger partial charge in [0.05, 0.1) is 12.1 Å². The molecule has 2 N–H and O–H groups in total. The summed E-state index contributed by atoms with van der Waals surface area (Å²) in [6.07, 6.45) is 4.62. The molecule has 13 heavy (non-hydrogen) atoms. The quantitative estimate of drug-likeness (QED) is 0.717. The van der Waals surface area contributed by atoms with Gasteiger partial charge in [-0.1, -0.05) is 13.8 Å². The van der Waals surface area contributed by atoms with Gasteiger partial charge >= 0.3 is 0 Å². The van der Waals surface area contributed by atoms with E-state index in [9.17, 15) is 5.11 Å². The van der Waals surface area contributed by atoms with Gasteiger partial charge in [0.2, 0.25) is 0 Å². The van der Waals surface area contributed by atoms with Crippen molar-refractivity contribution in [2.75, 3.05) is 5.43 Å². The number of aliphatic hydroxyl groups excluding tert-OH is 1. The zero-order valence-corrected chi connectivity index (χ0v) is 8.07. The first-order valence-corrected chi connectivity index (χ1v) is 4.68. The lowest BCUT2D eigenvalue weighted by Crippen LogP contribution is -2.58. The second-order valence-corrected chi connectivity index (χ2v) is 4.34. The molecule has 1 aromatic rings. The predicted molar refractivity (Wildman–Crippen MR) is 52.0 cm³/mol. The molecule has 0 spiro atoms. The first-order chi connectivity index (χ1) is 6.10. The van der Waals surface area contributed by atoms with Crippen LogP contribution in [0.1, 0.15) is 20.3 Å². The molecule has 3 heteroatoms. The Morgan fingerprint density at radius 3 is 2.46 bits per heavy atom. The molecule has 0 aliphatic heterocycles. The van der Waals surface area contributed by atoms with Crippen LogP contribution >= 0.6 is 0 Å². The van der Waals surface area contributed by atoms with Gasteiger partial charge in [-0.3, -0.25) is 4.68 Å². The van der Waals surface area contributed by atoms with Crippen LogP contribution in [0.25, 0.3) is 0 Å². The van der Waals surface area contributed by atoms with Crippen molar-refractivity contribution in [3.8, 4) is 0 Å². The molecule has 1 fully saturated rings. The molecule has 0 amide bonds. The molecule has 2 atom stereocenters. The van der Waals surface area contributed by atoms with Crippen LogP contribution in [0.5, 0.6) is 0 Å². The van der Waals surface area contributed by atoms with Gasteiger partial charge in [0, 0.05) is 17.8 Å². The standard InChI is InChI=1S/C10H16N2O/c1-10(2)8(7-9(10)13)11-12-5-3-4-6-12/h3-6,8-9,11,13H,7H2,1-2H3. The topological polar surface area (TPSA) is 37.2 Å². The fraction of sp³-hybridized carbons (Fsp3) is 0.600. The summed E-state index contributed by atoms with van der Waals surface area (Å²) >= 11 is 0. The number of nitrogens with one attached hydrogen (secondary N) is 1. The Labute approximate surface area is 78.3 Å². The maximum Gasteiger partial charge on any atom is 0.0631 e. The minimum Gasteiger partial charge on any atom is -0.392 e. The number of aliphatic hydroxyl groups is 1. The minimum absolute atomic E-state index is 0.00965. The maximum atomic E-state index is 9.53. The van der Waals surface area contributed by atoms with E-state index in [-0.39, 0.29) is 11.5 Å². The average molecular weight is 180 g/mol. The Hall–Kier alpha value is -0.960. The van der Waals surface area contributed by atoms with Crippen molar-refractivity contribution in [1.29, 1.82) is 0 Å². The summed E-state index contributed by atoms with van der Waals surface area (Å²) in [6.45, 7) is 4.17. The largest absolute Gasteiger partial charge is 0.392 e. The molecule has 1 aliphatic carbocycles. The Kier molecular flexibility index (Phi) is 1.84. The first-order valence-electron chi connectivity index (χ1n) is 4.68. The third-order valence-corrected chi connectivity index (χ3v) is 3.13. The van der Waals surface area contributed by atoms with Crippen LogP contribution in [-0.2, 0) is 0 Å². The average Bonchev–Trinajstić information content (AvgIpc) is 2.56. The molecule has 1 aromatic heterocycles. The summed E-state index contributed by atoms with van der Waals surface area (Å²) in [7, 11) is 0. The predicted octanol–water partition coefficient (Wildman–Crippen LogP) is 1.19. The Balaban J connectivity index is 1.98. The van der Waals surface area contributed by atoms with Crippen LogP contribution in [0.15, 0.2) is 24.5 Å². The van der Waals surface area contributed by atoms with Gasteiger partial charge in [-0.05, 0) is 18.6 Å². The highest BCUT2D eigenvalue weighted by Crippen LogP contribution is 2.40. The third-order valence-electron chi connectivity index (χ3n) is 3.13. The summed E-state index contributed by atoms with van der Waals surface area (Å²) in [5, 5.41) is 9.53. The molecule has 0 saturated heterocycles. The lowest BCUT2D eigenvalue weighted by atomic mass is 9.65. The summed E-state index contributed by atoms with van der Waals surface area (Å²) in [5.41, 5.74) is 3.33. The molecule has 2 unspecified atom stereocenters. The molecule has 1 heterocycles. The fourth-order valence-electron chi connectivity index (χ4n) is 1.72. The van der Waals surface area contributed by atoms with Gasteiger partial charge in [0.1, 0.15) is 0 Å². The van der Waals surface area contributed by atoms with Crippen LogP contribution in [0, 0.1) is 5.41 Å². The van der Waals surface area contributed by atoms with Gasteiger partial charge in [0.25, 0.3) is 0 Å². The lowest BCUT2D eigenvalue weighted by Gasteiger charge is -2.49. The van der Waals surface area contributed by atoms with Crippen LogP contribution in [-0.4, -0.2) is 21.9 Å². The van der Waals surface area contributed by atoms with Crippen molar-refractivity contribution < 1.29 is 5.11 Å². The van der Waals surface area contributed by atoms with Crippen LogP contribution in [0.3, 0.4) is 0 Å². The Bertz CT molecular complexity index is 279. The molecule has 0 aromatic carbocycles. The highest BCUT2D eigenvalue weighted by Gasteiger charge is 2.47. The second kappa shape index (κ2) is 2.77. The van der Waals surface area contributed by atoms with E-state index >= 15 is 0 Å². The van der Waals surface area contributed by atoms with E-state index < -0.39 is 0 Å². The number of hydrogen-bond acceptors (Lipinski definition) is 2. The highest BCUT2D eigenvalue weighted by molar-refractivity contribution is 5.08. The van der Waals surface area contributed by atoms with Gasteiger partial charge in [-0.25, -0.2) is 0 Å². The molecular formula is C10H16N2O. The smallest absolute Gasteiger partial charge is 0.0631 e. The number of rotatable bonds is 2. The van der Waals surface area contributed by atoms with E-state index in [4.69, 9.17) is 0 Å². The van der Waals surface area contributed by atoms with E-state index in [1.807, 2.05) is 29.2 Å². The zero-order valence-electron chi connectivity index (χ0n) is 8.07. The summed E-state index contributed by atoms with van der Waals surface area (Å²) in [5.74, 6) is 0. The molecule has 1 aliphatic rings. The van der Waals surface area contributed by atoms with Crippen molar-refractivity contribution in [3.05, 3.63) is 24.5 Å². The third kappa shape index (κ3) is 1.33. The molecular weight excluding hydrogens is 164 g/mol. The number of aromatic nitrogens is 1. The second-order valence-electron chi connectivity index (χ2n) is 4.34. The van der Waals surface area contributed by atoms with E-state index in [0.29, 0.717) is 6.04 Å². The van der Waals surface area contributed by atoms with Gasteiger partial charge < -0.3 is 10.5 Å². The van der Waals surface area contributed by atoms with E-state index in [1.165, 1.54) is 0 Å². The van der Waals surface area contributed by atoms with Crippen molar-refractivity contribution in [2.45, 2.75) is 32.4 Å². The van der Waals surface area contributed by atoms with Crippen LogP contribution in [0.2, 0.25) is 0 Å². The van der Waals surface area contributed by atoms with Crippen LogP contribution in [0.4, 0.5) is 0 Å². The van der Waals surface area contributed by atoms with E-state index in [0.717, 1.165) is 6.42 Å². The van der Waals surface area contributed by atoms with Gasteiger partial charge in [0.15, 0.2) is 0 Å². The van der Waals surface area contributed by atoms with Crippen molar-refractivity contribution in [1.82, 2.24) is 4.68 Å². The molecule has 72 valence electrons. The monoisotopic (exact) mass is 180 g/mol. The number of nitrogens with zero attached hydrogens (tertiary/aromatic N) is 1. The Morgan fingerprint density at radius 2 is 2.00 bits per heavy atom.